The van der Waals surface area contributed by atoms with E-state index in [-0.39, 0.29) is 24.1 Å². The minimum absolute atomic E-state index is 0.0926. The van der Waals surface area contributed by atoms with Crippen molar-refractivity contribution in [2.45, 2.75) is 78.2 Å². The van der Waals surface area contributed by atoms with Crippen LogP contribution in [0.5, 0.6) is 5.75 Å². The average molecular weight is 560 g/mol. The summed E-state index contributed by atoms with van der Waals surface area (Å²) >= 11 is 0. The SMILES string of the molecule is Cc1ccc(C(C(=O)NCc2ccccc2)N(C(=O)C(Cc2ccc(O)cc2)NC(=O)OC(C)(C)C)C(C)C)cc1. The van der Waals surface area contributed by atoms with Crippen molar-refractivity contribution in [2.24, 2.45) is 0 Å². The monoisotopic (exact) mass is 559 g/mol. The number of alkyl carbamates (subject to hydrolysis) is 1. The maximum absolute atomic E-state index is 14.3. The minimum atomic E-state index is -1.04. The number of benzene rings is 3. The van der Waals surface area contributed by atoms with Crippen LogP contribution < -0.4 is 10.6 Å². The number of hydrogen-bond donors (Lipinski definition) is 3. The zero-order valence-corrected chi connectivity index (χ0v) is 24.7. The first kappa shape index (κ1) is 31.2. The van der Waals surface area contributed by atoms with Gasteiger partial charge in [-0.05, 0) is 70.4 Å². The maximum atomic E-state index is 14.3. The lowest BCUT2D eigenvalue weighted by Crippen LogP contribution is -2.55. The Bertz CT molecular complexity index is 1300. The number of hydrogen-bond acceptors (Lipinski definition) is 5. The molecule has 0 heterocycles. The Hall–Kier alpha value is -4.33. The first-order valence-corrected chi connectivity index (χ1v) is 13.8. The number of carbonyl (C=O) groups excluding carboxylic acids is 3. The van der Waals surface area contributed by atoms with Crippen molar-refractivity contribution in [2.75, 3.05) is 0 Å². The lowest BCUT2D eigenvalue weighted by molar-refractivity contribution is -0.144. The molecule has 0 saturated carbocycles. The summed E-state index contributed by atoms with van der Waals surface area (Å²) in [5.74, 6) is -0.671. The van der Waals surface area contributed by atoms with Gasteiger partial charge in [0.15, 0.2) is 0 Å². The molecule has 3 amide bonds. The summed E-state index contributed by atoms with van der Waals surface area (Å²) in [5.41, 5.74) is 2.57. The molecule has 2 atom stereocenters. The van der Waals surface area contributed by atoms with Crippen LogP contribution in [0.1, 0.15) is 62.9 Å². The van der Waals surface area contributed by atoms with Gasteiger partial charge in [0.2, 0.25) is 11.8 Å². The second-order valence-corrected chi connectivity index (χ2v) is 11.4. The fourth-order valence-electron chi connectivity index (χ4n) is 4.45. The molecule has 218 valence electrons. The van der Waals surface area contributed by atoms with Gasteiger partial charge in [-0.2, -0.15) is 0 Å². The smallest absolute Gasteiger partial charge is 0.408 e. The van der Waals surface area contributed by atoms with Crippen LogP contribution in [0.4, 0.5) is 4.79 Å². The van der Waals surface area contributed by atoms with E-state index in [9.17, 15) is 19.5 Å². The van der Waals surface area contributed by atoms with Gasteiger partial charge in [-0.3, -0.25) is 9.59 Å². The Morgan fingerprint density at radius 1 is 0.878 bits per heavy atom. The van der Waals surface area contributed by atoms with Crippen molar-refractivity contribution in [1.82, 2.24) is 15.5 Å². The Balaban J connectivity index is 1.99. The lowest BCUT2D eigenvalue weighted by atomic mass is 9.98. The van der Waals surface area contributed by atoms with Gasteiger partial charge in [-0.1, -0.05) is 72.3 Å². The molecule has 0 aliphatic heterocycles. The molecule has 8 heteroatoms. The molecule has 3 N–H and O–H groups in total. The van der Waals surface area contributed by atoms with Gasteiger partial charge < -0.3 is 25.4 Å². The number of nitrogens with zero attached hydrogens (tertiary/aromatic N) is 1. The Kier molecular flexibility index (Phi) is 10.5. The van der Waals surface area contributed by atoms with Gasteiger partial charge >= 0.3 is 6.09 Å². The van der Waals surface area contributed by atoms with Crippen LogP contribution in [-0.2, 0) is 27.3 Å². The predicted molar refractivity (Wildman–Crippen MR) is 159 cm³/mol. The Morgan fingerprint density at radius 2 is 1.49 bits per heavy atom. The summed E-state index contributed by atoms with van der Waals surface area (Å²) in [6.45, 7) is 11.2. The second kappa shape index (κ2) is 13.8. The van der Waals surface area contributed by atoms with Crippen LogP contribution in [0, 0.1) is 6.92 Å². The van der Waals surface area contributed by atoms with Gasteiger partial charge in [0.05, 0.1) is 0 Å². The van der Waals surface area contributed by atoms with E-state index in [4.69, 9.17) is 4.74 Å². The molecule has 3 aromatic carbocycles. The minimum Gasteiger partial charge on any atom is -0.508 e. The molecule has 3 aromatic rings. The Morgan fingerprint density at radius 3 is 2.05 bits per heavy atom. The van der Waals surface area contributed by atoms with E-state index < -0.39 is 29.7 Å². The number of nitrogens with one attached hydrogen (secondary N) is 2. The zero-order chi connectivity index (χ0) is 30.2. The topological polar surface area (TPSA) is 108 Å². The van der Waals surface area contributed by atoms with Gasteiger partial charge in [0.1, 0.15) is 23.4 Å². The molecule has 8 nitrogen and oxygen atoms in total. The molecule has 41 heavy (non-hydrogen) atoms. The number of rotatable bonds is 10. The molecule has 0 fully saturated rings. The van der Waals surface area contributed by atoms with Crippen molar-refractivity contribution in [3.8, 4) is 5.75 Å². The van der Waals surface area contributed by atoms with Crippen molar-refractivity contribution in [3.63, 3.8) is 0 Å². The van der Waals surface area contributed by atoms with E-state index in [2.05, 4.69) is 10.6 Å². The number of phenols is 1. The van der Waals surface area contributed by atoms with E-state index >= 15 is 0 Å². The normalized spacial score (nSPS) is 12.8. The van der Waals surface area contributed by atoms with Gasteiger partial charge in [0.25, 0.3) is 0 Å². The molecule has 0 spiro atoms. The molecular weight excluding hydrogens is 518 g/mol. The summed E-state index contributed by atoms with van der Waals surface area (Å²) in [5, 5.41) is 15.5. The van der Waals surface area contributed by atoms with Crippen LogP contribution in [0.25, 0.3) is 0 Å². The van der Waals surface area contributed by atoms with E-state index in [1.165, 1.54) is 17.0 Å². The molecule has 3 rings (SSSR count). The summed E-state index contributed by atoms with van der Waals surface area (Å²) in [4.78, 5) is 42.6. The molecule has 0 bridgehead atoms. The number of ether oxygens (including phenoxy) is 1. The van der Waals surface area contributed by atoms with Gasteiger partial charge in [-0.25, -0.2) is 4.79 Å². The molecule has 0 aromatic heterocycles. The first-order chi connectivity index (χ1) is 19.3. The summed E-state index contributed by atoms with van der Waals surface area (Å²) in [6.07, 6.45) is -0.605. The van der Waals surface area contributed by atoms with Crippen LogP contribution in [0.3, 0.4) is 0 Å². The van der Waals surface area contributed by atoms with Crippen LogP contribution in [0.2, 0.25) is 0 Å². The number of phenolic OH excluding ortho intramolecular Hbond substituents is 1. The third kappa shape index (κ3) is 9.38. The van der Waals surface area contributed by atoms with Crippen molar-refractivity contribution in [3.05, 3.63) is 101 Å². The predicted octanol–water partition coefficient (Wildman–Crippen LogP) is 5.43. The standard InChI is InChI=1S/C33H41N3O5/c1-22(2)36(29(26-16-12-23(3)13-17-26)30(38)34-21-25-10-8-7-9-11-25)31(39)28(35-32(40)41-33(4,5)6)20-24-14-18-27(37)19-15-24/h7-19,22,28-29,37H,20-21H2,1-6H3,(H,34,38)(H,35,40). The van der Waals surface area contributed by atoms with Crippen molar-refractivity contribution >= 4 is 17.9 Å². The summed E-state index contributed by atoms with van der Waals surface area (Å²) in [6, 6.07) is 21.1. The molecule has 2 unspecified atom stereocenters. The van der Waals surface area contributed by atoms with E-state index in [1.54, 1.807) is 32.9 Å². The first-order valence-electron chi connectivity index (χ1n) is 13.8. The van der Waals surface area contributed by atoms with Crippen molar-refractivity contribution in [1.29, 1.82) is 0 Å². The van der Waals surface area contributed by atoms with Gasteiger partial charge in [0, 0.05) is 19.0 Å². The maximum Gasteiger partial charge on any atom is 0.408 e. The zero-order valence-electron chi connectivity index (χ0n) is 24.7. The summed E-state index contributed by atoms with van der Waals surface area (Å²) in [7, 11) is 0. The van der Waals surface area contributed by atoms with Crippen molar-refractivity contribution < 1.29 is 24.2 Å². The number of aromatic hydroxyl groups is 1. The fraction of sp³-hybridized carbons (Fsp3) is 0.364. The number of amides is 3. The van der Waals surface area contributed by atoms with Crippen LogP contribution >= 0.6 is 0 Å². The lowest BCUT2D eigenvalue weighted by Gasteiger charge is -2.37. The fourth-order valence-corrected chi connectivity index (χ4v) is 4.45. The molecular formula is C33H41N3O5. The number of aryl methyl sites for hydroxylation is 1. The third-order valence-corrected chi connectivity index (χ3v) is 6.41. The number of carbonyl (C=O) groups is 3. The Labute approximate surface area is 242 Å². The van der Waals surface area contributed by atoms with E-state index in [0.717, 1.165) is 16.7 Å². The quantitative estimate of drug-likeness (QED) is 0.307. The highest BCUT2D eigenvalue weighted by atomic mass is 16.6. The van der Waals surface area contributed by atoms with Crippen LogP contribution in [0.15, 0.2) is 78.9 Å². The highest BCUT2D eigenvalue weighted by molar-refractivity contribution is 5.92. The molecule has 0 radical (unpaired) electrons. The van der Waals surface area contributed by atoms with E-state index in [0.29, 0.717) is 12.1 Å². The molecule has 0 aliphatic carbocycles. The summed E-state index contributed by atoms with van der Waals surface area (Å²) < 4.78 is 5.47. The van der Waals surface area contributed by atoms with Gasteiger partial charge in [-0.15, -0.1) is 0 Å². The third-order valence-electron chi connectivity index (χ3n) is 6.41. The second-order valence-electron chi connectivity index (χ2n) is 11.4. The average Bonchev–Trinajstić information content (AvgIpc) is 2.91. The highest BCUT2D eigenvalue weighted by Gasteiger charge is 2.37. The van der Waals surface area contributed by atoms with Crippen LogP contribution in [-0.4, -0.2) is 45.6 Å². The molecule has 0 aliphatic rings. The highest BCUT2D eigenvalue weighted by Crippen LogP contribution is 2.26. The largest absolute Gasteiger partial charge is 0.508 e. The van der Waals surface area contributed by atoms with E-state index in [1.807, 2.05) is 75.4 Å². The molecule has 0 saturated heterocycles.